The van der Waals surface area contributed by atoms with Crippen molar-refractivity contribution in [1.29, 1.82) is 0 Å². The molecule has 1 aromatic heterocycles. The molecular weight excluding hydrogens is 344 g/mol. The van der Waals surface area contributed by atoms with Gasteiger partial charge in [0.25, 0.3) is 0 Å². The summed E-state index contributed by atoms with van der Waals surface area (Å²) in [7, 11) is 3.11. The Balaban J connectivity index is 2.05. The number of benzene rings is 1. The normalized spacial score (nSPS) is 10.5. The molecule has 1 heterocycles. The van der Waals surface area contributed by atoms with Crippen LogP contribution in [0, 0.1) is 0 Å². The van der Waals surface area contributed by atoms with E-state index in [1.54, 1.807) is 45.4 Å². The molecule has 7 nitrogen and oxygen atoms in total. The van der Waals surface area contributed by atoms with Gasteiger partial charge < -0.3 is 14.2 Å². The molecule has 0 unspecified atom stereocenters. The van der Waals surface area contributed by atoms with Gasteiger partial charge in [0, 0.05) is 17.0 Å². The Morgan fingerprint density at radius 3 is 2.76 bits per heavy atom. The van der Waals surface area contributed by atoms with Gasteiger partial charge in [-0.25, -0.2) is 9.78 Å². The van der Waals surface area contributed by atoms with Gasteiger partial charge in [0.05, 0.1) is 20.8 Å². The fourth-order valence-electron chi connectivity index (χ4n) is 1.91. The van der Waals surface area contributed by atoms with Crippen molar-refractivity contribution in [3.05, 3.63) is 40.9 Å². The van der Waals surface area contributed by atoms with Gasteiger partial charge in [-0.05, 0) is 31.2 Å². The lowest BCUT2D eigenvalue weighted by molar-refractivity contribution is -0.111. The number of carbonyl (C=O) groups excluding carboxylic acids is 2. The van der Waals surface area contributed by atoms with Crippen LogP contribution in [0.1, 0.15) is 23.0 Å². The van der Waals surface area contributed by atoms with E-state index in [-0.39, 0.29) is 18.2 Å². The Morgan fingerprint density at radius 1 is 1.28 bits per heavy atom. The number of hydrogen-bond donors (Lipinski definition) is 1. The molecule has 1 N–H and O–H groups in total. The zero-order valence-electron chi connectivity index (χ0n) is 14.1. The van der Waals surface area contributed by atoms with Crippen molar-refractivity contribution in [2.24, 2.45) is 0 Å². The van der Waals surface area contributed by atoms with Gasteiger partial charge in [-0.2, -0.15) is 0 Å². The summed E-state index contributed by atoms with van der Waals surface area (Å²) >= 11 is 1.14. The molecule has 1 amide bonds. The average molecular weight is 362 g/mol. The van der Waals surface area contributed by atoms with Crippen LogP contribution in [-0.4, -0.2) is 37.7 Å². The highest BCUT2D eigenvalue weighted by Crippen LogP contribution is 2.25. The van der Waals surface area contributed by atoms with Crippen LogP contribution >= 0.6 is 11.3 Å². The number of ether oxygens (including phenoxy) is 3. The molecule has 0 aliphatic heterocycles. The fraction of sp³-hybridized carbons (Fsp3) is 0.235. The Kier molecular flexibility index (Phi) is 6.53. The summed E-state index contributed by atoms with van der Waals surface area (Å²) in [5.74, 6) is 0.370. The minimum Gasteiger partial charge on any atom is -0.497 e. The molecule has 0 atom stereocenters. The van der Waals surface area contributed by atoms with E-state index in [2.05, 4.69) is 10.3 Å². The SMILES string of the molecule is CCOC(=O)c1csc(NC(=O)/C=C/c2cc(OC)ccc2OC)n1. The van der Waals surface area contributed by atoms with Crippen molar-refractivity contribution in [3.63, 3.8) is 0 Å². The smallest absolute Gasteiger partial charge is 0.357 e. The van der Waals surface area contributed by atoms with Gasteiger partial charge in [0.15, 0.2) is 10.8 Å². The van der Waals surface area contributed by atoms with Gasteiger partial charge >= 0.3 is 5.97 Å². The number of nitrogens with zero attached hydrogens (tertiary/aromatic N) is 1. The van der Waals surface area contributed by atoms with Gasteiger partial charge in [0.1, 0.15) is 11.5 Å². The lowest BCUT2D eigenvalue weighted by Gasteiger charge is -2.07. The molecule has 0 spiro atoms. The number of aromatic nitrogens is 1. The quantitative estimate of drug-likeness (QED) is 0.602. The van der Waals surface area contributed by atoms with Crippen molar-refractivity contribution in [2.75, 3.05) is 26.1 Å². The minimum atomic E-state index is -0.518. The zero-order chi connectivity index (χ0) is 18.2. The monoisotopic (exact) mass is 362 g/mol. The number of rotatable bonds is 7. The molecule has 0 saturated carbocycles. The second kappa shape index (κ2) is 8.84. The zero-order valence-corrected chi connectivity index (χ0v) is 14.9. The standard InChI is InChI=1S/C17H18N2O5S/c1-4-24-16(21)13-10-25-17(18-13)19-15(20)8-5-11-9-12(22-2)6-7-14(11)23-3/h5-10H,4H2,1-3H3,(H,18,19,20)/b8-5+. The maximum atomic E-state index is 12.0. The first-order chi connectivity index (χ1) is 12.1. The summed E-state index contributed by atoms with van der Waals surface area (Å²) in [6.07, 6.45) is 2.96. The first-order valence-corrected chi connectivity index (χ1v) is 8.29. The first kappa shape index (κ1) is 18.5. The van der Waals surface area contributed by atoms with Crippen LogP contribution in [0.5, 0.6) is 11.5 Å². The highest BCUT2D eigenvalue weighted by Gasteiger charge is 2.12. The summed E-state index contributed by atoms with van der Waals surface area (Å²) in [5, 5.41) is 4.44. The fourth-order valence-corrected chi connectivity index (χ4v) is 2.59. The van der Waals surface area contributed by atoms with Gasteiger partial charge in [-0.1, -0.05) is 0 Å². The summed E-state index contributed by atoms with van der Waals surface area (Å²) in [5.41, 5.74) is 0.865. The summed E-state index contributed by atoms with van der Waals surface area (Å²) in [4.78, 5) is 27.6. The Labute approximate surface area is 149 Å². The number of methoxy groups -OCH3 is 2. The highest BCUT2D eigenvalue weighted by molar-refractivity contribution is 7.14. The van der Waals surface area contributed by atoms with E-state index in [0.29, 0.717) is 22.2 Å². The molecule has 25 heavy (non-hydrogen) atoms. The van der Waals surface area contributed by atoms with Crippen molar-refractivity contribution in [2.45, 2.75) is 6.92 Å². The lowest BCUT2D eigenvalue weighted by atomic mass is 10.1. The molecule has 0 saturated heterocycles. The summed E-state index contributed by atoms with van der Waals surface area (Å²) in [6, 6.07) is 5.27. The van der Waals surface area contributed by atoms with Crippen LogP contribution in [0.25, 0.3) is 6.08 Å². The molecule has 0 fully saturated rings. The Morgan fingerprint density at radius 2 is 2.08 bits per heavy atom. The molecule has 2 aromatic rings. The number of thiazole rings is 1. The summed E-state index contributed by atoms with van der Waals surface area (Å²) in [6.45, 7) is 1.98. The topological polar surface area (TPSA) is 86.8 Å². The van der Waals surface area contributed by atoms with E-state index in [9.17, 15) is 9.59 Å². The maximum Gasteiger partial charge on any atom is 0.357 e. The molecule has 1 aromatic carbocycles. The second-order valence-corrected chi connectivity index (χ2v) is 5.55. The van der Waals surface area contributed by atoms with Crippen LogP contribution in [0.15, 0.2) is 29.7 Å². The van der Waals surface area contributed by atoms with Crippen LogP contribution < -0.4 is 14.8 Å². The van der Waals surface area contributed by atoms with Crippen molar-refractivity contribution in [3.8, 4) is 11.5 Å². The van der Waals surface area contributed by atoms with Crippen molar-refractivity contribution in [1.82, 2.24) is 4.98 Å². The van der Waals surface area contributed by atoms with Crippen molar-refractivity contribution < 1.29 is 23.8 Å². The van der Waals surface area contributed by atoms with Crippen LogP contribution in [0.4, 0.5) is 5.13 Å². The predicted octanol–water partition coefficient (Wildman–Crippen LogP) is 2.99. The minimum absolute atomic E-state index is 0.167. The number of amides is 1. The molecule has 0 aliphatic rings. The number of esters is 1. The summed E-state index contributed by atoms with van der Waals surface area (Å²) < 4.78 is 15.3. The lowest BCUT2D eigenvalue weighted by Crippen LogP contribution is -2.09. The van der Waals surface area contributed by atoms with Gasteiger partial charge in [-0.15, -0.1) is 11.3 Å². The van der Waals surface area contributed by atoms with E-state index in [1.165, 1.54) is 11.5 Å². The molecule has 0 bridgehead atoms. The van der Waals surface area contributed by atoms with E-state index in [0.717, 1.165) is 11.3 Å². The Hall–Kier alpha value is -2.87. The van der Waals surface area contributed by atoms with E-state index in [4.69, 9.17) is 14.2 Å². The number of anilines is 1. The molecule has 8 heteroatoms. The highest BCUT2D eigenvalue weighted by atomic mass is 32.1. The van der Waals surface area contributed by atoms with Crippen molar-refractivity contribution >= 4 is 34.4 Å². The number of carbonyl (C=O) groups is 2. The molecule has 0 radical (unpaired) electrons. The Bertz CT molecular complexity index is 785. The van der Waals surface area contributed by atoms with Crippen LogP contribution in [0.2, 0.25) is 0 Å². The number of nitrogens with one attached hydrogen (secondary N) is 1. The maximum absolute atomic E-state index is 12.0. The largest absolute Gasteiger partial charge is 0.497 e. The third-order valence-corrected chi connectivity index (χ3v) is 3.83. The third-order valence-electron chi connectivity index (χ3n) is 3.07. The second-order valence-electron chi connectivity index (χ2n) is 4.69. The average Bonchev–Trinajstić information content (AvgIpc) is 3.08. The first-order valence-electron chi connectivity index (χ1n) is 7.41. The molecule has 132 valence electrons. The molecule has 2 rings (SSSR count). The van der Waals surface area contributed by atoms with E-state index < -0.39 is 5.97 Å². The molecular formula is C17H18N2O5S. The predicted molar refractivity (Wildman–Crippen MR) is 95.3 cm³/mol. The van der Waals surface area contributed by atoms with E-state index in [1.807, 2.05) is 0 Å². The van der Waals surface area contributed by atoms with E-state index >= 15 is 0 Å². The van der Waals surface area contributed by atoms with Crippen LogP contribution in [-0.2, 0) is 9.53 Å². The van der Waals surface area contributed by atoms with Crippen LogP contribution in [0.3, 0.4) is 0 Å². The third kappa shape index (κ3) is 5.05. The van der Waals surface area contributed by atoms with Gasteiger partial charge in [0.2, 0.25) is 5.91 Å². The molecule has 0 aliphatic carbocycles. The number of hydrogen-bond acceptors (Lipinski definition) is 7. The van der Waals surface area contributed by atoms with Gasteiger partial charge in [-0.3, -0.25) is 10.1 Å².